The fraction of sp³-hybridized carbons (Fsp3) is 0.444. The topological polar surface area (TPSA) is 49.2 Å². The highest BCUT2D eigenvalue weighted by molar-refractivity contribution is 7.09. The van der Waals surface area contributed by atoms with Gasteiger partial charge in [-0.25, -0.2) is 4.98 Å². The fourth-order valence-corrected chi connectivity index (χ4v) is 3.75. The Bertz CT molecular complexity index is 686. The first kappa shape index (κ1) is 16.1. The van der Waals surface area contributed by atoms with Gasteiger partial charge in [0.15, 0.2) is 0 Å². The van der Waals surface area contributed by atoms with E-state index in [0.717, 1.165) is 60.9 Å². The van der Waals surface area contributed by atoms with Gasteiger partial charge < -0.3 is 4.74 Å². The molecule has 1 saturated heterocycles. The molecule has 2 heterocycles. The second-order valence-corrected chi connectivity index (χ2v) is 6.90. The Morgan fingerprint density at radius 2 is 2.26 bits per heavy atom. The Balaban J connectivity index is 1.74. The van der Waals surface area contributed by atoms with Gasteiger partial charge in [-0.15, -0.1) is 11.3 Å². The second kappa shape index (κ2) is 7.69. The average molecular weight is 327 g/mol. The minimum absolute atomic E-state index is 0.297. The zero-order valence-corrected chi connectivity index (χ0v) is 14.2. The van der Waals surface area contributed by atoms with E-state index in [1.807, 2.05) is 31.2 Å². The monoisotopic (exact) mass is 327 g/mol. The lowest BCUT2D eigenvalue weighted by Crippen LogP contribution is -2.31. The third-order valence-electron chi connectivity index (χ3n) is 4.04. The summed E-state index contributed by atoms with van der Waals surface area (Å²) in [6.45, 7) is 5.33. The van der Waals surface area contributed by atoms with Crippen LogP contribution in [0.1, 0.15) is 34.7 Å². The van der Waals surface area contributed by atoms with E-state index in [9.17, 15) is 5.26 Å². The van der Waals surface area contributed by atoms with Gasteiger partial charge in [-0.05, 0) is 31.4 Å². The quantitative estimate of drug-likeness (QED) is 0.815. The lowest BCUT2D eigenvalue weighted by molar-refractivity contribution is 0.0678. The molecular formula is C18H21N3OS. The van der Waals surface area contributed by atoms with Crippen LogP contribution in [0.5, 0.6) is 0 Å². The number of nitrogens with zero attached hydrogens (tertiary/aromatic N) is 3. The Kier molecular flexibility index (Phi) is 5.39. The van der Waals surface area contributed by atoms with Gasteiger partial charge in [-0.3, -0.25) is 4.90 Å². The van der Waals surface area contributed by atoms with Crippen LogP contribution >= 0.6 is 11.3 Å². The largest absolute Gasteiger partial charge is 0.377 e. The maximum Gasteiger partial charge on any atom is 0.107 e. The van der Waals surface area contributed by atoms with E-state index in [2.05, 4.69) is 21.3 Å². The molecule has 3 rings (SSSR count). The minimum atomic E-state index is 0.297. The van der Waals surface area contributed by atoms with E-state index in [-0.39, 0.29) is 0 Å². The van der Waals surface area contributed by atoms with Crippen LogP contribution < -0.4 is 0 Å². The molecule has 23 heavy (non-hydrogen) atoms. The van der Waals surface area contributed by atoms with E-state index in [4.69, 9.17) is 4.74 Å². The Labute approximate surface area is 141 Å². The number of rotatable bonds is 6. The molecule has 0 unspecified atom stereocenters. The molecule has 0 radical (unpaired) electrons. The first-order chi connectivity index (χ1) is 11.2. The van der Waals surface area contributed by atoms with Crippen LogP contribution in [0.2, 0.25) is 0 Å². The van der Waals surface area contributed by atoms with Gasteiger partial charge in [0, 0.05) is 30.8 Å². The van der Waals surface area contributed by atoms with Gasteiger partial charge in [-0.2, -0.15) is 5.26 Å². The van der Waals surface area contributed by atoms with Crippen molar-refractivity contribution < 1.29 is 4.74 Å². The summed E-state index contributed by atoms with van der Waals surface area (Å²) in [6, 6.07) is 10.1. The lowest BCUT2D eigenvalue weighted by atomic mass is 10.1. The highest BCUT2D eigenvalue weighted by Crippen LogP contribution is 2.20. The number of aryl methyl sites for hydroxylation is 1. The van der Waals surface area contributed by atoms with E-state index in [1.54, 1.807) is 11.3 Å². The van der Waals surface area contributed by atoms with Crippen molar-refractivity contribution in [3.63, 3.8) is 0 Å². The summed E-state index contributed by atoms with van der Waals surface area (Å²) in [5, 5.41) is 12.5. The molecule has 5 heteroatoms. The molecule has 1 aromatic heterocycles. The summed E-state index contributed by atoms with van der Waals surface area (Å²) in [6.07, 6.45) is 2.56. The molecule has 1 fully saturated rings. The molecule has 4 nitrogen and oxygen atoms in total. The third-order valence-corrected chi connectivity index (χ3v) is 4.99. The smallest absolute Gasteiger partial charge is 0.107 e. The zero-order valence-electron chi connectivity index (χ0n) is 13.4. The summed E-state index contributed by atoms with van der Waals surface area (Å²) >= 11 is 1.70. The second-order valence-electron chi connectivity index (χ2n) is 5.96. The fourth-order valence-electron chi connectivity index (χ4n) is 2.94. The molecule has 1 atom stereocenters. The number of nitriles is 1. The summed E-state index contributed by atoms with van der Waals surface area (Å²) in [7, 11) is 0. The molecule has 0 amide bonds. The highest BCUT2D eigenvalue weighted by Gasteiger charge is 2.21. The van der Waals surface area contributed by atoms with Crippen LogP contribution in [0, 0.1) is 18.3 Å². The van der Waals surface area contributed by atoms with Gasteiger partial charge in [0.25, 0.3) is 0 Å². The standard InChI is InChI=1S/C18H21N3OS/c1-14-13-23-18(20-14)12-21(11-17-7-4-8-22-17)10-16-6-3-2-5-15(16)9-19/h2-3,5-6,13,17H,4,7-8,10-12H2,1H3/t17-/m1/s1. The van der Waals surface area contributed by atoms with E-state index >= 15 is 0 Å². The van der Waals surface area contributed by atoms with Crippen molar-refractivity contribution in [2.45, 2.75) is 39.0 Å². The number of benzene rings is 1. The molecule has 2 aromatic rings. The average Bonchev–Trinajstić information content (AvgIpc) is 3.20. The van der Waals surface area contributed by atoms with Crippen LogP contribution in [0.25, 0.3) is 0 Å². The normalized spacial score (nSPS) is 17.5. The molecule has 120 valence electrons. The van der Waals surface area contributed by atoms with Crippen molar-refractivity contribution in [1.82, 2.24) is 9.88 Å². The minimum Gasteiger partial charge on any atom is -0.377 e. The Morgan fingerprint density at radius 1 is 1.39 bits per heavy atom. The molecule has 1 aliphatic heterocycles. The Morgan fingerprint density at radius 3 is 2.96 bits per heavy atom. The molecule has 0 spiro atoms. The van der Waals surface area contributed by atoms with E-state index in [0.29, 0.717) is 6.10 Å². The zero-order chi connectivity index (χ0) is 16.1. The maximum absolute atomic E-state index is 9.31. The molecular weight excluding hydrogens is 306 g/mol. The molecule has 0 N–H and O–H groups in total. The predicted octanol–water partition coefficient (Wildman–Crippen LogP) is 3.50. The van der Waals surface area contributed by atoms with Crippen molar-refractivity contribution in [2.24, 2.45) is 0 Å². The number of thiazole rings is 1. The first-order valence-corrected chi connectivity index (χ1v) is 8.85. The summed E-state index contributed by atoms with van der Waals surface area (Å²) in [4.78, 5) is 6.93. The van der Waals surface area contributed by atoms with Gasteiger partial charge in [-0.1, -0.05) is 18.2 Å². The highest BCUT2D eigenvalue weighted by atomic mass is 32.1. The summed E-state index contributed by atoms with van der Waals surface area (Å²) < 4.78 is 5.80. The van der Waals surface area contributed by atoms with Crippen molar-refractivity contribution >= 4 is 11.3 Å². The first-order valence-electron chi connectivity index (χ1n) is 7.97. The molecule has 1 aromatic carbocycles. The van der Waals surface area contributed by atoms with Crippen LogP contribution in [0.4, 0.5) is 0 Å². The predicted molar refractivity (Wildman–Crippen MR) is 91.1 cm³/mol. The van der Waals surface area contributed by atoms with Gasteiger partial charge >= 0.3 is 0 Å². The third kappa shape index (κ3) is 4.38. The van der Waals surface area contributed by atoms with Crippen molar-refractivity contribution in [1.29, 1.82) is 5.26 Å². The SMILES string of the molecule is Cc1csc(CN(Cc2ccccc2C#N)C[C@H]2CCCO2)n1. The molecule has 0 bridgehead atoms. The molecule has 0 saturated carbocycles. The van der Waals surface area contributed by atoms with Gasteiger partial charge in [0.05, 0.1) is 24.3 Å². The lowest BCUT2D eigenvalue weighted by Gasteiger charge is -2.24. The maximum atomic E-state index is 9.31. The van der Waals surface area contributed by atoms with E-state index < -0.39 is 0 Å². The number of aromatic nitrogens is 1. The van der Waals surface area contributed by atoms with Crippen LogP contribution in [0.15, 0.2) is 29.6 Å². The molecule has 1 aliphatic rings. The number of hydrogen-bond acceptors (Lipinski definition) is 5. The van der Waals surface area contributed by atoms with Crippen molar-refractivity contribution in [2.75, 3.05) is 13.2 Å². The van der Waals surface area contributed by atoms with Gasteiger partial charge in [0.2, 0.25) is 0 Å². The summed E-state index contributed by atoms with van der Waals surface area (Å²) in [5.41, 5.74) is 2.89. The summed E-state index contributed by atoms with van der Waals surface area (Å²) in [5.74, 6) is 0. The number of hydrogen-bond donors (Lipinski definition) is 0. The van der Waals surface area contributed by atoms with Crippen LogP contribution in [-0.2, 0) is 17.8 Å². The number of ether oxygens (including phenoxy) is 1. The van der Waals surface area contributed by atoms with Gasteiger partial charge in [0.1, 0.15) is 5.01 Å². The van der Waals surface area contributed by atoms with Crippen molar-refractivity contribution in [3.8, 4) is 6.07 Å². The van der Waals surface area contributed by atoms with E-state index in [1.165, 1.54) is 0 Å². The molecule has 0 aliphatic carbocycles. The van der Waals surface area contributed by atoms with Crippen LogP contribution in [-0.4, -0.2) is 29.1 Å². The van der Waals surface area contributed by atoms with Crippen LogP contribution in [0.3, 0.4) is 0 Å². The Hall–Kier alpha value is -1.74. The van der Waals surface area contributed by atoms with Crippen molar-refractivity contribution in [3.05, 3.63) is 51.5 Å².